The molecular formula is C42H43N. The van der Waals surface area contributed by atoms with Gasteiger partial charge in [-0.3, -0.25) is 0 Å². The van der Waals surface area contributed by atoms with Gasteiger partial charge >= 0.3 is 0 Å². The highest BCUT2D eigenvalue weighted by Gasteiger charge is 2.47. The minimum absolute atomic E-state index is 0.0762. The maximum absolute atomic E-state index is 2.62. The fourth-order valence-electron chi connectivity index (χ4n) is 8.87. The summed E-state index contributed by atoms with van der Waals surface area (Å²) in [4.78, 5) is 2.62. The highest BCUT2D eigenvalue weighted by molar-refractivity contribution is 5.97. The molecule has 0 N–H and O–H groups in total. The Morgan fingerprint density at radius 3 is 2.42 bits per heavy atom. The molecule has 0 radical (unpaired) electrons. The van der Waals surface area contributed by atoms with E-state index in [9.17, 15) is 0 Å². The second-order valence-electron chi connectivity index (χ2n) is 14.4. The molecule has 0 saturated heterocycles. The van der Waals surface area contributed by atoms with Crippen LogP contribution in [0.1, 0.15) is 94.5 Å². The van der Waals surface area contributed by atoms with Crippen molar-refractivity contribution in [2.24, 2.45) is 5.92 Å². The van der Waals surface area contributed by atoms with E-state index in [1.807, 2.05) is 0 Å². The molecule has 43 heavy (non-hydrogen) atoms. The molecular weight excluding hydrogens is 518 g/mol. The average molecular weight is 562 g/mol. The molecule has 0 aromatic heterocycles. The molecule has 0 fully saturated rings. The van der Waals surface area contributed by atoms with E-state index in [-0.39, 0.29) is 10.8 Å². The van der Waals surface area contributed by atoms with Crippen LogP contribution in [0.4, 0.5) is 5.69 Å². The number of para-hydroxylation sites is 1. The van der Waals surface area contributed by atoms with Crippen LogP contribution in [0.2, 0.25) is 0 Å². The Morgan fingerprint density at radius 2 is 1.60 bits per heavy atom. The SMILES string of the molecule is CC1=CCCC=C1N(C1=CC2=C(C3=CC=CCC31)c1cc3c(cc1C2(C)C)C1=C(CCC=C1)C3(C)C)c1ccccc1C. The van der Waals surface area contributed by atoms with Crippen molar-refractivity contribution in [1.82, 2.24) is 0 Å². The Bertz CT molecular complexity index is 1850. The molecule has 0 bridgehead atoms. The average Bonchev–Trinajstić information content (AvgIpc) is 3.37. The highest BCUT2D eigenvalue weighted by Crippen LogP contribution is 2.60. The van der Waals surface area contributed by atoms with Gasteiger partial charge in [0.15, 0.2) is 0 Å². The van der Waals surface area contributed by atoms with E-state index in [0.717, 1.165) is 25.7 Å². The van der Waals surface area contributed by atoms with Crippen LogP contribution < -0.4 is 4.90 Å². The summed E-state index contributed by atoms with van der Waals surface area (Å²) >= 11 is 0. The minimum atomic E-state index is -0.0903. The third kappa shape index (κ3) is 3.70. The number of nitrogens with zero attached hydrogens (tertiary/aromatic N) is 1. The van der Waals surface area contributed by atoms with Gasteiger partial charge in [-0.25, -0.2) is 0 Å². The molecule has 1 unspecified atom stereocenters. The lowest BCUT2D eigenvalue weighted by molar-refractivity contribution is 0.605. The lowest BCUT2D eigenvalue weighted by Gasteiger charge is -2.41. The molecule has 2 aromatic rings. The number of hydrogen-bond donors (Lipinski definition) is 0. The highest BCUT2D eigenvalue weighted by atomic mass is 15.2. The molecule has 1 atom stereocenters. The smallest absolute Gasteiger partial charge is 0.0487 e. The number of allylic oxidation sites excluding steroid dienone is 14. The molecule has 2 aromatic carbocycles. The van der Waals surface area contributed by atoms with Gasteiger partial charge in [0.05, 0.1) is 0 Å². The van der Waals surface area contributed by atoms with Gasteiger partial charge in [-0.05, 0) is 126 Å². The Labute approximate surface area is 258 Å². The van der Waals surface area contributed by atoms with E-state index >= 15 is 0 Å². The van der Waals surface area contributed by atoms with Gasteiger partial charge in [0.25, 0.3) is 0 Å². The van der Waals surface area contributed by atoms with Crippen molar-refractivity contribution in [1.29, 1.82) is 0 Å². The van der Waals surface area contributed by atoms with Crippen LogP contribution in [0.5, 0.6) is 0 Å². The van der Waals surface area contributed by atoms with Crippen LogP contribution in [-0.2, 0) is 10.8 Å². The number of benzene rings is 2. The molecule has 8 rings (SSSR count). The maximum Gasteiger partial charge on any atom is 0.0487 e. The van der Waals surface area contributed by atoms with Crippen LogP contribution in [0.3, 0.4) is 0 Å². The van der Waals surface area contributed by atoms with Gasteiger partial charge in [0.2, 0.25) is 0 Å². The lowest BCUT2D eigenvalue weighted by Crippen LogP contribution is -2.32. The second-order valence-corrected chi connectivity index (χ2v) is 14.4. The predicted octanol–water partition coefficient (Wildman–Crippen LogP) is 11.0. The van der Waals surface area contributed by atoms with Crippen molar-refractivity contribution in [3.63, 3.8) is 0 Å². The van der Waals surface area contributed by atoms with Crippen LogP contribution in [0, 0.1) is 12.8 Å². The molecule has 0 spiro atoms. The van der Waals surface area contributed by atoms with Crippen molar-refractivity contribution in [3.05, 3.63) is 147 Å². The van der Waals surface area contributed by atoms with Gasteiger partial charge in [-0.2, -0.15) is 0 Å². The number of fused-ring (bicyclic) bond motifs is 6. The van der Waals surface area contributed by atoms with E-state index in [2.05, 4.69) is 131 Å². The Balaban J connectivity index is 1.36. The van der Waals surface area contributed by atoms with Crippen molar-refractivity contribution >= 4 is 16.8 Å². The first kappa shape index (κ1) is 26.8. The van der Waals surface area contributed by atoms with E-state index in [1.54, 1.807) is 5.57 Å². The van der Waals surface area contributed by atoms with Gasteiger partial charge in [-0.15, -0.1) is 0 Å². The zero-order chi connectivity index (χ0) is 29.7. The van der Waals surface area contributed by atoms with Crippen molar-refractivity contribution < 1.29 is 0 Å². The van der Waals surface area contributed by atoms with E-state index in [4.69, 9.17) is 0 Å². The fraction of sp³-hybridized carbons (Fsp3) is 0.333. The summed E-state index contributed by atoms with van der Waals surface area (Å²) in [6.07, 6.45) is 25.0. The monoisotopic (exact) mass is 561 g/mol. The summed E-state index contributed by atoms with van der Waals surface area (Å²) in [7, 11) is 0. The molecule has 0 saturated carbocycles. The normalized spacial score (nSPS) is 23.9. The largest absolute Gasteiger partial charge is 0.313 e. The van der Waals surface area contributed by atoms with Crippen molar-refractivity contribution in [3.8, 4) is 0 Å². The molecule has 0 heterocycles. The van der Waals surface area contributed by atoms with Crippen LogP contribution in [0.15, 0.2) is 119 Å². The third-order valence-corrected chi connectivity index (χ3v) is 11.2. The van der Waals surface area contributed by atoms with E-state index in [0.29, 0.717) is 5.92 Å². The second kappa shape index (κ2) is 9.33. The van der Waals surface area contributed by atoms with Gasteiger partial charge in [0.1, 0.15) is 0 Å². The molecule has 0 aliphatic heterocycles. The summed E-state index contributed by atoms with van der Waals surface area (Å²) in [5.41, 5.74) is 20.3. The van der Waals surface area contributed by atoms with E-state index < -0.39 is 0 Å². The quantitative estimate of drug-likeness (QED) is 0.360. The van der Waals surface area contributed by atoms with E-state index in [1.165, 1.54) is 79.2 Å². The zero-order valence-electron chi connectivity index (χ0n) is 26.6. The number of aryl methyl sites for hydroxylation is 1. The summed E-state index contributed by atoms with van der Waals surface area (Å²) < 4.78 is 0. The summed E-state index contributed by atoms with van der Waals surface area (Å²) in [5.74, 6) is 0.316. The molecule has 1 heteroatoms. The molecule has 1 nitrogen and oxygen atoms in total. The Kier molecular flexibility index (Phi) is 5.81. The standard InChI is InChI=1S/C42H43N/c1-26-15-7-13-21-37(26)43(38-22-14-8-16-27(38)2)39-25-36-40(30-19-10-9-18-29(30)39)32-24-34-31(23-35(32)42(36,5)6)28-17-11-12-20-33(28)41(34,3)4/h7,9-11,13,15-17,19,21-25,29H,8,12,14,18,20H2,1-6H3. The topological polar surface area (TPSA) is 3.24 Å². The lowest BCUT2D eigenvalue weighted by atomic mass is 9.73. The minimum Gasteiger partial charge on any atom is -0.313 e. The third-order valence-electron chi connectivity index (χ3n) is 11.2. The molecule has 6 aliphatic carbocycles. The van der Waals surface area contributed by atoms with Gasteiger partial charge in [-0.1, -0.05) is 94.0 Å². The summed E-state index contributed by atoms with van der Waals surface area (Å²) in [5, 5.41) is 0. The Morgan fingerprint density at radius 1 is 0.837 bits per heavy atom. The first-order chi connectivity index (χ1) is 20.7. The maximum atomic E-state index is 2.62. The van der Waals surface area contributed by atoms with Crippen molar-refractivity contribution in [2.75, 3.05) is 4.90 Å². The first-order valence-corrected chi connectivity index (χ1v) is 16.4. The number of anilines is 1. The number of rotatable bonds is 3. The first-order valence-electron chi connectivity index (χ1n) is 16.4. The predicted molar refractivity (Wildman–Crippen MR) is 183 cm³/mol. The molecule has 6 aliphatic rings. The van der Waals surface area contributed by atoms with Crippen LogP contribution in [0.25, 0.3) is 11.1 Å². The summed E-state index contributed by atoms with van der Waals surface area (Å²) in [6, 6.07) is 14.1. The van der Waals surface area contributed by atoms with Crippen molar-refractivity contribution in [2.45, 2.75) is 84.5 Å². The molecule has 216 valence electrons. The fourth-order valence-corrected chi connectivity index (χ4v) is 8.87. The summed E-state index contributed by atoms with van der Waals surface area (Å²) in [6.45, 7) is 14.4. The zero-order valence-corrected chi connectivity index (χ0v) is 26.6. The van der Waals surface area contributed by atoms with Crippen LogP contribution >= 0.6 is 0 Å². The molecule has 0 amide bonds. The van der Waals surface area contributed by atoms with Gasteiger partial charge in [0, 0.05) is 33.8 Å². The van der Waals surface area contributed by atoms with Crippen LogP contribution in [-0.4, -0.2) is 0 Å². The number of hydrogen-bond acceptors (Lipinski definition) is 1. The Hall–Kier alpha value is -3.84. The van der Waals surface area contributed by atoms with Gasteiger partial charge < -0.3 is 4.90 Å².